The minimum atomic E-state index is -0.814. The Bertz CT molecular complexity index is 225. The molecule has 0 heterocycles. The molecule has 0 aromatic heterocycles. The van der Waals surface area contributed by atoms with Crippen LogP contribution in [-0.2, 0) is 10.8 Å². The maximum Gasteiger partial charge on any atom is 0.188 e. The fraction of sp³-hybridized carbons (Fsp3) is 0.875. The van der Waals surface area contributed by atoms with Gasteiger partial charge in [0.15, 0.2) is 5.96 Å². The van der Waals surface area contributed by atoms with Crippen molar-refractivity contribution in [3.63, 3.8) is 0 Å². The number of hydrogen-bond acceptors (Lipinski definition) is 2. The molecule has 13 heavy (non-hydrogen) atoms. The van der Waals surface area contributed by atoms with E-state index in [9.17, 15) is 4.21 Å². The minimum Gasteiger partial charge on any atom is -0.370 e. The minimum absolute atomic E-state index is 0.0829. The molecule has 0 aliphatic heterocycles. The van der Waals surface area contributed by atoms with Crippen molar-refractivity contribution < 1.29 is 4.21 Å². The molecule has 2 atom stereocenters. The van der Waals surface area contributed by atoms with Crippen molar-refractivity contribution in [2.75, 3.05) is 12.8 Å². The molecule has 0 radical (unpaired) electrons. The van der Waals surface area contributed by atoms with E-state index in [0.29, 0.717) is 18.5 Å². The van der Waals surface area contributed by atoms with E-state index < -0.39 is 10.8 Å². The summed E-state index contributed by atoms with van der Waals surface area (Å²) in [6.45, 7) is 2.44. The van der Waals surface area contributed by atoms with Gasteiger partial charge in [-0.05, 0) is 19.8 Å². The second-order valence-electron chi connectivity index (χ2n) is 3.45. The molecule has 2 unspecified atom stereocenters. The molecule has 0 aromatic rings. The van der Waals surface area contributed by atoms with Gasteiger partial charge in [-0.15, -0.1) is 0 Å². The zero-order valence-corrected chi connectivity index (χ0v) is 8.93. The molecule has 0 amide bonds. The molecule has 1 fully saturated rings. The Morgan fingerprint density at radius 1 is 1.77 bits per heavy atom. The summed E-state index contributed by atoms with van der Waals surface area (Å²) in [5, 5.41) is 3.16. The Kier molecular flexibility index (Phi) is 3.71. The molecular formula is C8H17N3OS. The summed E-state index contributed by atoms with van der Waals surface area (Å²) >= 11 is 0. The number of nitrogens with two attached hydrogens (primary N) is 1. The van der Waals surface area contributed by atoms with Gasteiger partial charge in [-0.3, -0.25) is 9.20 Å². The van der Waals surface area contributed by atoms with E-state index in [-0.39, 0.29) is 5.25 Å². The fourth-order valence-electron chi connectivity index (χ4n) is 0.814. The van der Waals surface area contributed by atoms with Gasteiger partial charge in [-0.1, -0.05) is 0 Å². The number of nitrogens with zero attached hydrogens (tertiary/aromatic N) is 1. The van der Waals surface area contributed by atoms with E-state index in [1.807, 2.05) is 6.92 Å². The third kappa shape index (κ3) is 4.26. The first-order valence-electron chi connectivity index (χ1n) is 4.48. The molecule has 1 aliphatic rings. The van der Waals surface area contributed by atoms with Crippen molar-refractivity contribution >= 4 is 16.8 Å². The van der Waals surface area contributed by atoms with E-state index in [1.54, 1.807) is 6.26 Å². The summed E-state index contributed by atoms with van der Waals surface area (Å²) in [7, 11) is -0.814. The molecule has 5 heteroatoms. The van der Waals surface area contributed by atoms with E-state index in [0.717, 1.165) is 0 Å². The van der Waals surface area contributed by atoms with Gasteiger partial charge in [0.05, 0.1) is 11.8 Å². The predicted octanol–water partition coefficient (Wildman–Crippen LogP) is -0.180. The van der Waals surface area contributed by atoms with Crippen molar-refractivity contribution in [3.8, 4) is 0 Å². The van der Waals surface area contributed by atoms with Crippen LogP contribution in [0.5, 0.6) is 0 Å². The van der Waals surface area contributed by atoms with E-state index >= 15 is 0 Å². The van der Waals surface area contributed by atoms with E-state index in [2.05, 4.69) is 10.3 Å². The highest BCUT2D eigenvalue weighted by Crippen LogP contribution is 2.17. The first-order valence-corrected chi connectivity index (χ1v) is 6.10. The number of rotatable bonds is 4. The molecule has 76 valence electrons. The van der Waals surface area contributed by atoms with Crippen LogP contribution in [0.1, 0.15) is 19.8 Å². The van der Waals surface area contributed by atoms with Crippen LogP contribution in [0.15, 0.2) is 4.99 Å². The van der Waals surface area contributed by atoms with Crippen LogP contribution in [0.3, 0.4) is 0 Å². The smallest absolute Gasteiger partial charge is 0.188 e. The van der Waals surface area contributed by atoms with Gasteiger partial charge in [0.1, 0.15) is 0 Å². The Labute approximate surface area is 81.4 Å². The molecule has 1 rings (SSSR count). The molecule has 4 nitrogen and oxygen atoms in total. The highest BCUT2D eigenvalue weighted by atomic mass is 32.2. The van der Waals surface area contributed by atoms with Crippen LogP contribution in [0, 0.1) is 0 Å². The maximum absolute atomic E-state index is 11.0. The second kappa shape index (κ2) is 4.60. The van der Waals surface area contributed by atoms with Crippen LogP contribution in [0.25, 0.3) is 0 Å². The lowest BCUT2D eigenvalue weighted by Crippen LogP contribution is -2.34. The van der Waals surface area contributed by atoms with Crippen molar-refractivity contribution in [1.29, 1.82) is 0 Å². The average Bonchev–Trinajstić information content (AvgIpc) is 2.83. The maximum atomic E-state index is 11.0. The topological polar surface area (TPSA) is 67.5 Å². The van der Waals surface area contributed by atoms with Gasteiger partial charge >= 0.3 is 0 Å². The number of aliphatic imine (C=N–C) groups is 1. The third-order valence-electron chi connectivity index (χ3n) is 2.01. The van der Waals surface area contributed by atoms with Crippen molar-refractivity contribution in [2.24, 2.45) is 10.7 Å². The Morgan fingerprint density at radius 3 is 2.85 bits per heavy atom. The molecule has 0 saturated heterocycles. The summed E-state index contributed by atoms with van der Waals surface area (Å²) in [5.41, 5.74) is 5.60. The number of hydrogen-bond donors (Lipinski definition) is 2. The van der Waals surface area contributed by atoms with Crippen molar-refractivity contribution in [3.05, 3.63) is 0 Å². The number of guanidine groups is 1. The summed E-state index contributed by atoms with van der Waals surface area (Å²) < 4.78 is 11.0. The fourth-order valence-corrected chi connectivity index (χ4v) is 1.10. The lowest BCUT2D eigenvalue weighted by atomic mass is 10.5. The van der Waals surface area contributed by atoms with Gasteiger partial charge in [0.2, 0.25) is 0 Å². The Hall–Kier alpha value is -0.580. The summed E-state index contributed by atoms with van der Waals surface area (Å²) in [4.78, 5) is 4.12. The normalized spacial score (nSPS) is 22.5. The first kappa shape index (κ1) is 10.5. The van der Waals surface area contributed by atoms with Crippen molar-refractivity contribution in [1.82, 2.24) is 5.32 Å². The molecule has 1 aliphatic carbocycles. The molecule has 0 bridgehead atoms. The lowest BCUT2D eigenvalue weighted by Gasteiger charge is -2.06. The quantitative estimate of drug-likeness (QED) is 0.492. The second-order valence-corrected chi connectivity index (χ2v) is 5.26. The van der Waals surface area contributed by atoms with Crippen molar-refractivity contribution in [2.45, 2.75) is 31.1 Å². The van der Waals surface area contributed by atoms with E-state index in [4.69, 9.17) is 5.73 Å². The highest BCUT2D eigenvalue weighted by molar-refractivity contribution is 7.84. The zero-order valence-electron chi connectivity index (χ0n) is 8.12. The standard InChI is InChI=1S/C8H17N3OS/c1-6(13(2)12)5-10-8(9)11-7-3-4-7/h6-7H,3-5H2,1-2H3,(H3,9,10,11). The van der Waals surface area contributed by atoms with Gasteiger partial charge in [0, 0.05) is 23.1 Å². The predicted molar refractivity (Wildman–Crippen MR) is 56.2 cm³/mol. The van der Waals surface area contributed by atoms with Crippen LogP contribution >= 0.6 is 0 Å². The lowest BCUT2D eigenvalue weighted by molar-refractivity contribution is 0.677. The molecule has 3 N–H and O–H groups in total. The van der Waals surface area contributed by atoms with Crippen LogP contribution < -0.4 is 11.1 Å². The van der Waals surface area contributed by atoms with Gasteiger partial charge in [-0.2, -0.15) is 0 Å². The summed E-state index contributed by atoms with van der Waals surface area (Å²) in [6, 6.07) is 0.534. The zero-order chi connectivity index (χ0) is 9.84. The van der Waals surface area contributed by atoms with Crippen LogP contribution in [0.2, 0.25) is 0 Å². The average molecular weight is 203 g/mol. The van der Waals surface area contributed by atoms with Gasteiger partial charge < -0.3 is 11.1 Å². The largest absolute Gasteiger partial charge is 0.370 e. The monoisotopic (exact) mass is 203 g/mol. The summed E-state index contributed by atoms with van der Waals surface area (Å²) in [5.74, 6) is 0.486. The molecule has 0 aromatic carbocycles. The Morgan fingerprint density at radius 2 is 2.38 bits per heavy atom. The first-order chi connectivity index (χ1) is 6.09. The SMILES string of the molecule is CC(CN=C(N)NC1CC1)S(C)=O. The van der Waals surface area contributed by atoms with E-state index in [1.165, 1.54) is 12.8 Å². The molecule has 1 saturated carbocycles. The van der Waals surface area contributed by atoms with Gasteiger partial charge in [-0.25, -0.2) is 0 Å². The molecular weight excluding hydrogens is 186 g/mol. The van der Waals surface area contributed by atoms with Crippen LogP contribution in [-0.4, -0.2) is 34.3 Å². The highest BCUT2D eigenvalue weighted by Gasteiger charge is 2.21. The number of nitrogens with one attached hydrogen (secondary N) is 1. The van der Waals surface area contributed by atoms with Crippen LogP contribution in [0.4, 0.5) is 0 Å². The van der Waals surface area contributed by atoms with Gasteiger partial charge in [0.25, 0.3) is 0 Å². The third-order valence-corrected chi connectivity index (χ3v) is 3.30. The Balaban J connectivity index is 2.23. The molecule has 0 spiro atoms. The summed E-state index contributed by atoms with van der Waals surface area (Å²) in [6.07, 6.45) is 4.06.